The largest absolute Gasteiger partial charge is 0.508 e. The summed E-state index contributed by atoms with van der Waals surface area (Å²) >= 11 is 0. The van der Waals surface area contributed by atoms with Gasteiger partial charge in [0.2, 0.25) is 5.91 Å². The maximum absolute atomic E-state index is 13.1. The highest BCUT2D eigenvalue weighted by atomic mass is 31.2. The van der Waals surface area contributed by atoms with Crippen LogP contribution in [0.1, 0.15) is 92.2 Å². The van der Waals surface area contributed by atoms with E-state index in [2.05, 4.69) is 20.5 Å². The Morgan fingerprint density at radius 3 is 2.15 bits per heavy atom. The second-order valence-electron chi connectivity index (χ2n) is 14.9. The van der Waals surface area contributed by atoms with E-state index in [0.29, 0.717) is 41.7 Å². The first-order valence-corrected chi connectivity index (χ1v) is 21.6. The molecule has 1 aliphatic carbocycles. The van der Waals surface area contributed by atoms with Crippen molar-refractivity contribution in [1.82, 2.24) is 21.0 Å². The van der Waals surface area contributed by atoms with Crippen LogP contribution in [0.25, 0.3) is 0 Å². The van der Waals surface area contributed by atoms with Crippen LogP contribution in [0, 0.1) is 5.92 Å². The van der Waals surface area contributed by atoms with Gasteiger partial charge >= 0.3 is 31.6 Å². The Labute approximate surface area is 369 Å². The number of carboxylic acid groups (broad SMARTS) is 4. The van der Waals surface area contributed by atoms with Crippen LogP contribution >= 0.6 is 7.75 Å². The molecule has 0 radical (unpaired) electrons. The zero-order valence-electron chi connectivity index (χ0n) is 34.3. The van der Waals surface area contributed by atoms with Crippen molar-refractivity contribution < 1.29 is 82.6 Å². The molecular formula is C43H45N4O17P. The fourth-order valence-corrected chi connectivity index (χ4v) is 8.00. The summed E-state index contributed by atoms with van der Waals surface area (Å²) in [7, 11) is -4.96. The molecule has 2 aliphatic rings. The molecule has 0 spiro atoms. The number of amides is 3. The number of nitrogens with one attached hydrogen (secondary N) is 4. The average molecular weight is 921 g/mol. The van der Waals surface area contributed by atoms with Crippen LogP contribution in [0.5, 0.6) is 11.5 Å². The predicted octanol–water partition coefficient (Wildman–Crippen LogP) is 3.07. The average Bonchev–Trinajstić information content (AvgIpc) is 3.25. The van der Waals surface area contributed by atoms with Crippen LogP contribution in [-0.2, 0) is 39.6 Å². The molecule has 344 valence electrons. The third-order valence-electron chi connectivity index (χ3n) is 10.2. The van der Waals surface area contributed by atoms with Gasteiger partial charge in [-0.1, -0.05) is 36.8 Å². The number of aromatic carboxylic acids is 1. The lowest BCUT2D eigenvalue weighted by Gasteiger charge is -2.35. The van der Waals surface area contributed by atoms with Crippen LogP contribution in [0.15, 0.2) is 84.7 Å². The van der Waals surface area contributed by atoms with Gasteiger partial charge in [0.15, 0.2) is 11.8 Å². The minimum Gasteiger partial charge on any atom is -0.508 e. The van der Waals surface area contributed by atoms with Gasteiger partial charge in [-0.2, -0.15) is 0 Å². The molecule has 0 saturated carbocycles. The fourth-order valence-electron chi connectivity index (χ4n) is 6.95. The van der Waals surface area contributed by atoms with Crippen molar-refractivity contribution in [2.24, 2.45) is 5.92 Å². The van der Waals surface area contributed by atoms with E-state index in [1.54, 1.807) is 23.3 Å². The first-order valence-electron chi connectivity index (χ1n) is 20.0. The van der Waals surface area contributed by atoms with E-state index in [1.165, 1.54) is 60.7 Å². The quantitative estimate of drug-likeness (QED) is 0.0482. The summed E-state index contributed by atoms with van der Waals surface area (Å²) in [6.45, 7) is -0.705. The zero-order chi connectivity index (χ0) is 47.4. The fraction of sp³-hybridized carbons (Fsp3) is 0.302. The summed E-state index contributed by atoms with van der Waals surface area (Å²) < 4.78 is 22.9. The molecule has 5 rings (SSSR count). The molecule has 22 heteroatoms. The van der Waals surface area contributed by atoms with E-state index in [1.807, 2.05) is 0 Å². The summed E-state index contributed by atoms with van der Waals surface area (Å²) in [6, 6.07) is 10.9. The topological polar surface area (TPSA) is 342 Å². The standard InChI is InChI=1S/C43H45N4O17P/c48-26-10-13-29-34(19-26)64-35-20-27(49)11-14-30(35)38(29)28-12-9-25(18-31(28)41(55)56)39(53)44-17-3-1-2-4-36(50)45-21-23-5-7-24(8-6-23)40(54)46-33(43(59)60)22-63-65(61,62)47-32(42(57)58)15-16-37(51)52/h5-14,18-20,29,32-33,38,49H,1-4,15-17,21-22H2,(H,44,53)(H,45,50)(H,46,54)(H,51,52)(H,55,56)(H,57,58)(H,59,60)(H2,47,61,62)/t29?,32-,33?,38?/m0/s1. The molecular weight excluding hydrogens is 875 g/mol. The van der Waals surface area contributed by atoms with Gasteiger partial charge in [0.05, 0.1) is 12.2 Å². The van der Waals surface area contributed by atoms with E-state index >= 15 is 0 Å². The van der Waals surface area contributed by atoms with Crippen molar-refractivity contribution in [1.29, 1.82) is 0 Å². The minimum absolute atomic E-state index is 0.000824. The van der Waals surface area contributed by atoms with Crippen LogP contribution < -0.4 is 25.8 Å². The number of aliphatic carboxylic acids is 3. The molecule has 1 aliphatic heterocycles. The molecule has 3 aromatic carbocycles. The zero-order valence-corrected chi connectivity index (χ0v) is 35.2. The molecule has 0 bridgehead atoms. The first-order chi connectivity index (χ1) is 30.8. The SMILES string of the molecule is O=C1C=CC2C(=C1)Oc1cc(O)ccc1C2c1ccc(C(=O)NCCCCCC(=O)NCc2ccc(C(=O)NC(COP(=O)(O)N[C@@H](CCC(=O)O)C(=O)O)C(=O)O)cc2)cc1C(=O)O. The number of carbonyl (C=O) groups excluding carboxylic acids is 4. The Bertz CT molecular complexity index is 2470. The maximum atomic E-state index is 13.1. The molecule has 0 aromatic heterocycles. The molecule has 1 heterocycles. The molecule has 3 amide bonds. The lowest BCUT2D eigenvalue weighted by molar-refractivity contribution is -0.142. The van der Waals surface area contributed by atoms with E-state index in [9.17, 15) is 68.2 Å². The van der Waals surface area contributed by atoms with E-state index in [-0.39, 0.29) is 59.4 Å². The smallest absolute Gasteiger partial charge is 0.403 e. The van der Waals surface area contributed by atoms with Gasteiger partial charge in [0.25, 0.3) is 11.8 Å². The van der Waals surface area contributed by atoms with Gasteiger partial charge in [-0.15, -0.1) is 0 Å². The minimum atomic E-state index is -4.96. The van der Waals surface area contributed by atoms with Gasteiger partial charge in [0.1, 0.15) is 23.3 Å². The third-order valence-corrected chi connectivity index (χ3v) is 11.4. The van der Waals surface area contributed by atoms with Crippen molar-refractivity contribution in [2.75, 3.05) is 13.2 Å². The number of unbranched alkanes of at least 4 members (excludes halogenated alkanes) is 2. The van der Waals surface area contributed by atoms with E-state index in [4.69, 9.17) is 9.84 Å². The number of allylic oxidation sites excluding steroid dienone is 3. The van der Waals surface area contributed by atoms with Crippen LogP contribution in [0.3, 0.4) is 0 Å². The maximum Gasteiger partial charge on any atom is 0.403 e. The normalized spacial score (nSPS) is 16.8. The Balaban J connectivity index is 1.04. The molecule has 5 atom stereocenters. The van der Waals surface area contributed by atoms with Crippen molar-refractivity contribution in [3.8, 4) is 11.5 Å². The molecule has 0 fully saturated rings. The number of carboxylic acids is 4. The summed E-state index contributed by atoms with van der Waals surface area (Å²) in [4.78, 5) is 107. The number of fused-ring (bicyclic) bond motifs is 2. The summed E-state index contributed by atoms with van der Waals surface area (Å²) in [5, 5.41) is 57.1. The van der Waals surface area contributed by atoms with Crippen LogP contribution in [0.4, 0.5) is 0 Å². The summed E-state index contributed by atoms with van der Waals surface area (Å²) in [5.41, 5.74) is 1.58. The van der Waals surface area contributed by atoms with Crippen molar-refractivity contribution >= 4 is 55.1 Å². The van der Waals surface area contributed by atoms with Gasteiger partial charge in [0, 0.05) is 66.6 Å². The number of benzene rings is 3. The Morgan fingerprint density at radius 2 is 1.48 bits per heavy atom. The molecule has 3 aromatic rings. The Kier molecular flexibility index (Phi) is 16.5. The van der Waals surface area contributed by atoms with Crippen molar-refractivity contribution in [2.45, 2.75) is 63.1 Å². The first kappa shape index (κ1) is 48.8. The second-order valence-corrected chi connectivity index (χ2v) is 16.5. The number of hydrogen-bond acceptors (Lipinski definition) is 12. The number of aromatic hydroxyl groups is 1. The number of rotatable bonds is 23. The monoisotopic (exact) mass is 920 g/mol. The Morgan fingerprint density at radius 1 is 0.785 bits per heavy atom. The van der Waals surface area contributed by atoms with Gasteiger partial charge in [-0.05, 0) is 66.8 Å². The highest BCUT2D eigenvalue weighted by molar-refractivity contribution is 7.50. The Hall–Kier alpha value is -7.19. The molecule has 21 nitrogen and oxygen atoms in total. The summed E-state index contributed by atoms with van der Waals surface area (Å²) in [5.74, 6) is -8.45. The highest BCUT2D eigenvalue weighted by Crippen LogP contribution is 2.49. The molecule has 0 saturated heterocycles. The third kappa shape index (κ3) is 13.7. The number of hydrogen-bond donors (Lipinski definition) is 10. The van der Waals surface area contributed by atoms with Gasteiger partial charge in [-0.3, -0.25) is 33.3 Å². The van der Waals surface area contributed by atoms with E-state index in [0.717, 1.165) is 0 Å². The lowest BCUT2D eigenvalue weighted by Crippen LogP contribution is -2.44. The van der Waals surface area contributed by atoms with Crippen molar-refractivity contribution in [3.05, 3.63) is 118 Å². The van der Waals surface area contributed by atoms with Gasteiger partial charge < -0.3 is 51.1 Å². The van der Waals surface area contributed by atoms with Gasteiger partial charge in [-0.25, -0.2) is 19.2 Å². The van der Waals surface area contributed by atoms with Crippen LogP contribution in [0.2, 0.25) is 0 Å². The number of ketones is 1. The summed E-state index contributed by atoms with van der Waals surface area (Å²) in [6.07, 6.45) is 4.88. The van der Waals surface area contributed by atoms with Crippen molar-refractivity contribution in [3.63, 3.8) is 0 Å². The molecule has 10 N–H and O–H groups in total. The predicted molar refractivity (Wildman–Crippen MR) is 225 cm³/mol. The van der Waals surface area contributed by atoms with Crippen LogP contribution in [-0.4, -0.2) is 103 Å². The van der Waals surface area contributed by atoms with E-state index < -0.39 is 86.8 Å². The number of carbonyl (C=O) groups is 8. The number of phenolic OH excluding ortho intramolecular Hbond substituents is 1. The molecule has 65 heavy (non-hydrogen) atoms. The number of ether oxygens (including phenoxy) is 1. The number of phenols is 1. The molecule has 4 unspecified atom stereocenters. The lowest BCUT2D eigenvalue weighted by atomic mass is 9.74. The second kappa shape index (κ2) is 21.9. The highest BCUT2D eigenvalue weighted by Gasteiger charge is 2.39.